The molecule has 0 amide bonds. The molecule has 0 bridgehead atoms. The van der Waals surface area contributed by atoms with E-state index in [4.69, 9.17) is 4.74 Å². The minimum absolute atomic E-state index is 0.200. The highest BCUT2D eigenvalue weighted by molar-refractivity contribution is 9.10. The minimum atomic E-state index is -0.370. The van der Waals surface area contributed by atoms with E-state index in [2.05, 4.69) is 25.9 Å². The Morgan fingerprint density at radius 1 is 1.31 bits per heavy atom. The highest BCUT2D eigenvalue weighted by Crippen LogP contribution is 2.28. The maximum absolute atomic E-state index is 13.0. The van der Waals surface area contributed by atoms with Gasteiger partial charge in [0.25, 0.3) is 0 Å². The molecule has 0 N–H and O–H groups in total. The van der Waals surface area contributed by atoms with Gasteiger partial charge in [-0.2, -0.15) is 0 Å². The van der Waals surface area contributed by atoms with Gasteiger partial charge >= 0.3 is 6.01 Å². The SMILES string of the molecule is Cc1ccnc(Oc2cc(F)ccc2Br)n1. The van der Waals surface area contributed by atoms with E-state index in [0.29, 0.717) is 10.2 Å². The number of rotatable bonds is 2. The van der Waals surface area contributed by atoms with Gasteiger partial charge in [0.15, 0.2) is 0 Å². The van der Waals surface area contributed by atoms with Crippen molar-refractivity contribution >= 4 is 15.9 Å². The van der Waals surface area contributed by atoms with Gasteiger partial charge in [0, 0.05) is 18.0 Å². The molecule has 1 aromatic heterocycles. The molecule has 1 aromatic carbocycles. The van der Waals surface area contributed by atoms with E-state index in [1.165, 1.54) is 12.1 Å². The van der Waals surface area contributed by atoms with Gasteiger partial charge in [-0.3, -0.25) is 0 Å². The lowest BCUT2D eigenvalue weighted by molar-refractivity contribution is 0.434. The van der Waals surface area contributed by atoms with Gasteiger partial charge in [-0.1, -0.05) is 0 Å². The number of nitrogens with zero attached hydrogens (tertiary/aromatic N) is 2. The standard InChI is InChI=1S/C11H8BrFN2O/c1-7-4-5-14-11(15-7)16-10-6-8(13)2-3-9(10)12/h2-6H,1H3. The van der Waals surface area contributed by atoms with E-state index >= 15 is 0 Å². The molecule has 0 aliphatic rings. The summed E-state index contributed by atoms with van der Waals surface area (Å²) in [5, 5.41) is 0. The molecule has 82 valence electrons. The highest BCUT2D eigenvalue weighted by Gasteiger charge is 2.06. The van der Waals surface area contributed by atoms with E-state index in [9.17, 15) is 4.39 Å². The van der Waals surface area contributed by atoms with Gasteiger partial charge < -0.3 is 4.74 Å². The fourth-order valence-corrected chi connectivity index (χ4v) is 1.46. The lowest BCUT2D eigenvalue weighted by Gasteiger charge is -2.05. The molecule has 0 fully saturated rings. The molecule has 0 spiro atoms. The van der Waals surface area contributed by atoms with Crippen LogP contribution in [0.3, 0.4) is 0 Å². The Morgan fingerprint density at radius 2 is 2.12 bits per heavy atom. The maximum atomic E-state index is 13.0. The summed E-state index contributed by atoms with van der Waals surface area (Å²) in [7, 11) is 0. The van der Waals surface area contributed by atoms with E-state index in [1.807, 2.05) is 6.92 Å². The quantitative estimate of drug-likeness (QED) is 0.846. The van der Waals surface area contributed by atoms with Crippen LogP contribution in [0.1, 0.15) is 5.69 Å². The van der Waals surface area contributed by atoms with Crippen LogP contribution in [0.5, 0.6) is 11.8 Å². The Kier molecular flexibility index (Phi) is 3.14. The van der Waals surface area contributed by atoms with Crippen molar-refractivity contribution in [1.82, 2.24) is 9.97 Å². The monoisotopic (exact) mass is 282 g/mol. The number of benzene rings is 1. The molecule has 3 nitrogen and oxygen atoms in total. The van der Waals surface area contributed by atoms with Crippen LogP contribution in [0.4, 0.5) is 4.39 Å². The predicted octanol–water partition coefficient (Wildman–Crippen LogP) is 3.48. The lowest BCUT2D eigenvalue weighted by Crippen LogP contribution is -1.93. The second-order valence-electron chi connectivity index (χ2n) is 3.16. The molecule has 0 saturated carbocycles. The van der Waals surface area contributed by atoms with Crippen molar-refractivity contribution in [2.75, 3.05) is 0 Å². The molecule has 2 rings (SSSR count). The smallest absolute Gasteiger partial charge is 0.322 e. The van der Waals surface area contributed by atoms with Crippen LogP contribution in [0, 0.1) is 12.7 Å². The molecule has 0 radical (unpaired) electrons. The van der Waals surface area contributed by atoms with Crippen LogP contribution >= 0.6 is 15.9 Å². The molecule has 0 atom stereocenters. The average Bonchev–Trinajstić information content (AvgIpc) is 2.24. The van der Waals surface area contributed by atoms with Gasteiger partial charge in [0.2, 0.25) is 0 Å². The van der Waals surface area contributed by atoms with Crippen molar-refractivity contribution in [3.8, 4) is 11.8 Å². The number of hydrogen-bond acceptors (Lipinski definition) is 3. The van der Waals surface area contributed by atoms with Crippen molar-refractivity contribution < 1.29 is 9.13 Å². The number of ether oxygens (including phenoxy) is 1. The van der Waals surface area contributed by atoms with Crippen molar-refractivity contribution in [1.29, 1.82) is 0 Å². The summed E-state index contributed by atoms with van der Waals surface area (Å²) in [6, 6.07) is 6.14. The maximum Gasteiger partial charge on any atom is 0.322 e. The predicted molar refractivity (Wildman–Crippen MR) is 60.9 cm³/mol. The van der Waals surface area contributed by atoms with Gasteiger partial charge in [-0.15, -0.1) is 0 Å². The molecule has 1 heterocycles. The Balaban J connectivity index is 2.30. The van der Waals surface area contributed by atoms with Crippen molar-refractivity contribution in [2.24, 2.45) is 0 Å². The number of aromatic nitrogens is 2. The second-order valence-corrected chi connectivity index (χ2v) is 4.01. The third kappa shape index (κ3) is 2.55. The zero-order chi connectivity index (χ0) is 11.5. The normalized spacial score (nSPS) is 10.2. The summed E-state index contributed by atoms with van der Waals surface area (Å²) in [5.41, 5.74) is 0.789. The number of halogens is 2. The molecule has 16 heavy (non-hydrogen) atoms. The molecule has 0 aliphatic heterocycles. The summed E-state index contributed by atoms with van der Waals surface area (Å²) in [4.78, 5) is 7.99. The number of aryl methyl sites for hydroxylation is 1. The topological polar surface area (TPSA) is 35.0 Å². The fourth-order valence-electron chi connectivity index (χ4n) is 1.13. The van der Waals surface area contributed by atoms with Gasteiger partial charge in [0.05, 0.1) is 4.47 Å². The molecule has 2 aromatic rings. The molecule has 0 saturated heterocycles. The summed E-state index contributed by atoms with van der Waals surface area (Å²) in [6.45, 7) is 1.83. The third-order valence-electron chi connectivity index (χ3n) is 1.87. The largest absolute Gasteiger partial charge is 0.423 e. The van der Waals surface area contributed by atoms with Gasteiger partial charge in [0.1, 0.15) is 11.6 Å². The first kappa shape index (κ1) is 11.0. The summed E-state index contributed by atoms with van der Waals surface area (Å²) in [6.07, 6.45) is 1.59. The first-order chi connectivity index (χ1) is 7.65. The van der Waals surface area contributed by atoms with Gasteiger partial charge in [-0.25, -0.2) is 14.4 Å². The molecular weight excluding hydrogens is 275 g/mol. The Labute approximate surface area is 100 Å². The molecule has 5 heteroatoms. The first-order valence-electron chi connectivity index (χ1n) is 4.58. The van der Waals surface area contributed by atoms with Crippen LogP contribution < -0.4 is 4.74 Å². The zero-order valence-corrected chi connectivity index (χ0v) is 10.0. The van der Waals surface area contributed by atoms with Crippen LogP contribution in [0.25, 0.3) is 0 Å². The van der Waals surface area contributed by atoms with E-state index < -0.39 is 0 Å². The zero-order valence-electron chi connectivity index (χ0n) is 8.45. The van der Waals surface area contributed by atoms with Crippen LogP contribution in [0.15, 0.2) is 34.9 Å². The lowest BCUT2D eigenvalue weighted by atomic mass is 10.3. The summed E-state index contributed by atoms with van der Waals surface area (Å²) >= 11 is 3.26. The Bertz CT molecular complexity index is 519. The average molecular weight is 283 g/mol. The van der Waals surface area contributed by atoms with Crippen LogP contribution in [-0.4, -0.2) is 9.97 Å². The van der Waals surface area contributed by atoms with Crippen molar-refractivity contribution in [3.63, 3.8) is 0 Å². The molecule has 0 aliphatic carbocycles. The van der Waals surface area contributed by atoms with Gasteiger partial charge in [-0.05, 0) is 41.1 Å². The summed E-state index contributed by atoms with van der Waals surface area (Å²) in [5.74, 6) is -0.0172. The van der Waals surface area contributed by atoms with E-state index in [0.717, 1.165) is 5.69 Å². The first-order valence-corrected chi connectivity index (χ1v) is 5.37. The Morgan fingerprint density at radius 3 is 2.88 bits per heavy atom. The Hall–Kier alpha value is -1.49. The third-order valence-corrected chi connectivity index (χ3v) is 2.52. The highest BCUT2D eigenvalue weighted by atomic mass is 79.9. The molecule has 0 unspecified atom stereocenters. The molecular formula is C11H8BrFN2O. The van der Waals surface area contributed by atoms with Crippen LogP contribution in [0.2, 0.25) is 0 Å². The second kappa shape index (κ2) is 4.57. The minimum Gasteiger partial charge on any atom is -0.423 e. The fraction of sp³-hybridized carbons (Fsp3) is 0.0909. The van der Waals surface area contributed by atoms with Crippen molar-refractivity contribution in [2.45, 2.75) is 6.92 Å². The summed E-state index contributed by atoms with van der Waals surface area (Å²) < 4.78 is 19.0. The number of hydrogen-bond donors (Lipinski definition) is 0. The van der Waals surface area contributed by atoms with Crippen LogP contribution in [-0.2, 0) is 0 Å². The van der Waals surface area contributed by atoms with Crippen molar-refractivity contribution in [3.05, 3.63) is 46.4 Å². The van der Waals surface area contributed by atoms with E-state index in [-0.39, 0.29) is 11.8 Å². The van der Waals surface area contributed by atoms with E-state index in [1.54, 1.807) is 18.3 Å².